The normalized spacial score (nSPS) is 20.4. The van der Waals surface area contributed by atoms with Crippen molar-refractivity contribution in [2.45, 2.75) is 52.4 Å². The molecule has 0 radical (unpaired) electrons. The number of para-hydroxylation sites is 2. The first-order valence-corrected chi connectivity index (χ1v) is 11.7. The fraction of sp³-hybridized carbons (Fsp3) is 0.345. The lowest BCUT2D eigenvalue weighted by atomic mass is 9.81. The van der Waals surface area contributed by atoms with E-state index in [0.29, 0.717) is 0 Å². The van der Waals surface area contributed by atoms with Crippen molar-refractivity contribution in [3.05, 3.63) is 95.4 Å². The number of benzene rings is 2. The molecule has 0 bridgehead atoms. The van der Waals surface area contributed by atoms with Crippen LogP contribution in [0, 0.1) is 0 Å². The summed E-state index contributed by atoms with van der Waals surface area (Å²) in [6.45, 7) is 15.4. The molecule has 2 N–H and O–H groups in total. The highest BCUT2D eigenvalue weighted by Gasteiger charge is 2.43. The van der Waals surface area contributed by atoms with E-state index in [9.17, 15) is 0 Å². The first-order chi connectivity index (χ1) is 15.2. The predicted octanol–water partition coefficient (Wildman–Crippen LogP) is 6.18. The van der Waals surface area contributed by atoms with Gasteiger partial charge in [0.25, 0.3) is 0 Å². The molecule has 2 heterocycles. The van der Waals surface area contributed by atoms with Crippen molar-refractivity contribution < 1.29 is 4.58 Å². The fourth-order valence-electron chi connectivity index (χ4n) is 5.38. The van der Waals surface area contributed by atoms with Crippen LogP contribution in [0.3, 0.4) is 0 Å². The van der Waals surface area contributed by atoms with Crippen LogP contribution in [-0.4, -0.2) is 23.4 Å². The monoisotopic (exact) mass is 426 g/mol. The summed E-state index contributed by atoms with van der Waals surface area (Å²) in [6.07, 6.45) is 8.49. The number of likely N-dealkylation sites (N-methyl/N-ethyl adjacent to an activating group) is 1. The average molecular weight is 427 g/mol. The Hall–Kier alpha value is -3.07. The van der Waals surface area contributed by atoms with Crippen molar-refractivity contribution in [2.24, 2.45) is 5.73 Å². The van der Waals surface area contributed by atoms with E-state index < -0.39 is 0 Å². The van der Waals surface area contributed by atoms with E-state index in [0.717, 1.165) is 18.8 Å². The van der Waals surface area contributed by atoms with Crippen LogP contribution in [0.4, 0.5) is 11.4 Å². The lowest BCUT2D eigenvalue weighted by Crippen LogP contribution is -2.28. The van der Waals surface area contributed by atoms with Crippen molar-refractivity contribution in [1.82, 2.24) is 0 Å². The van der Waals surface area contributed by atoms with E-state index in [1.54, 1.807) is 0 Å². The van der Waals surface area contributed by atoms with Gasteiger partial charge in [-0.3, -0.25) is 0 Å². The molecule has 2 aliphatic rings. The Labute approximate surface area is 193 Å². The molecule has 2 aromatic rings. The SMILES string of the molecule is CCN1/C(=C/C=C/C(N)=C/C2=[N+](CC)c3ccccc3C2(C)C)C(C)(C)c2ccccc21. The van der Waals surface area contributed by atoms with Crippen molar-refractivity contribution in [1.29, 1.82) is 0 Å². The van der Waals surface area contributed by atoms with Gasteiger partial charge in [0.15, 0.2) is 5.71 Å². The van der Waals surface area contributed by atoms with E-state index >= 15 is 0 Å². The number of hydrogen-bond acceptors (Lipinski definition) is 2. The molecule has 32 heavy (non-hydrogen) atoms. The molecule has 4 rings (SSSR count). The number of hydrogen-bond donors (Lipinski definition) is 1. The smallest absolute Gasteiger partial charge is 0.209 e. The van der Waals surface area contributed by atoms with Gasteiger partial charge in [0, 0.05) is 46.7 Å². The number of anilines is 1. The van der Waals surface area contributed by atoms with Gasteiger partial charge in [0.1, 0.15) is 6.54 Å². The summed E-state index contributed by atoms with van der Waals surface area (Å²) in [5.74, 6) is 0. The molecule has 0 saturated carbocycles. The van der Waals surface area contributed by atoms with Gasteiger partial charge < -0.3 is 10.6 Å². The van der Waals surface area contributed by atoms with Crippen molar-refractivity contribution >= 4 is 17.1 Å². The third-order valence-electron chi connectivity index (χ3n) is 7.08. The van der Waals surface area contributed by atoms with Crippen molar-refractivity contribution in [2.75, 3.05) is 18.0 Å². The maximum absolute atomic E-state index is 6.51. The molecule has 2 aliphatic heterocycles. The Balaban J connectivity index is 1.66. The number of rotatable bonds is 5. The van der Waals surface area contributed by atoms with Crippen LogP contribution in [-0.2, 0) is 10.8 Å². The molecule has 2 aromatic carbocycles. The van der Waals surface area contributed by atoms with Gasteiger partial charge in [0.05, 0.1) is 5.41 Å². The third kappa shape index (κ3) is 3.40. The van der Waals surface area contributed by atoms with Crippen LogP contribution in [0.25, 0.3) is 0 Å². The summed E-state index contributed by atoms with van der Waals surface area (Å²) in [7, 11) is 0. The standard InChI is InChI=1S/C29H35N3/c1-7-31-24-17-11-9-15-22(24)28(3,4)26(31)19-13-14-21(30)20-27-29(5,6)23-16-10-12-18-25(23)32(27)8-2/h9-20,30H,7-8H2,1-6H3/p+1/b14-13+,26-19+. The van der Waals surface area contributed by atoms with E-state index in [-0.39, 0.29) is 10.8 Å². The Morgan fingerprint density at radius 1 is 0.938 bits per heavy atom. The van der Waals surface area contributed by atoms with Gasteiger partial charge in [-0.25, -0.2) is 0 Å². The quantitative estimate of drug-likeness (QED) is 0.457. The van der Waals surface area contributed by atoms with Crippen LogP contribution in [0.15, 0.2) is 84.2 Å². The minimum atomic E-state index is -0.0718. The molecule has 3 nitrogen and oxygen atoms in total. The maximum atomic E-state index is 6.51. The Morgan fingerprint density at radius 3 is 2.28 bits per heavy atom. The molecule has 166 valence electrons. The molecular weight excluding hydrogens is 390 g/mol. The van der Waals surface area contributed by atoms with Gasteiger partial charge >= 0.3 is 0 Å². The zero-order valence-electron chi connectivity index (χ0n) is 20.3. The number of nitrogens with two attached hydrogens (primary N) is 1. The number of fused-ring (bicyclic) bond motifs is 2. The summed E-state index contributed by atoms with van der Waals surface area (Å²) in [6, 6.07) is 17.4. The predicted molar refractivity (Wildman–Crippen MR) is 137 cm³/mol. The topological polar surface area (TPSA) is 32.3 Å². The van der Waals surface area contributed by atoms with Gasteiger partial charge in [0.2, 0.25) is 5.69 Å². The Morgan fingerprint density at radius 2 is 1.59 bits per heavy atom. The molecule has 3 heteroatoms. The maximum Gasteiger partial charge on any atom is 0.209 e. The summed E-state index contributed by atoms with van der Waals surface area (Å²) in [4.78, 5) is 2.41. The molecular formula is C29H36N3+. The molecule has 0 saturated heterocycles. The molecule has 0 amide bonds. The molecule has 0 aromatic heterocycles. The van der Waals surface area contributed by atoms with E-state index in [1.165, 1.54) is 33.9 Å². The van der Waals surface area contributed by atoms with Gasteiger partial charge in [-0.1, -0.05) is 56.3 Å². The van der Waals surface area contributed by atoms with Crippen molar-refractivity contribution in [3.8, 4) is 0 Å². The second-order valence-electron chi connectivity index (χ2n) is 9.71. The summed E-state index contributed by atoms with van der Waals surface area (Å²) in [5.41, 5.74) is 15.1. The summed E-state index contributed by atoms with van der Waals surface area (Å²) in [5, 5.41) is 0. The zero-order chi connectivity index (χ0) is 23.1. The minimum absolute atomic E-state index is 0.0295. The zero-order valence-corrected chi connectivity index (χ0v) is 20.3. The largest absolute Gasteiger partial charge is 0.399 e. The van der Waals surface area contributed by atoms with Crippen LogP contribution in [0.1, 0.15) is 52.7 Å². The molecule has 0 fully saturated rings. The van der Waals surface area contributed by atoms with E-state index in [2.05, 4.69) is 118 Å². The molecule has 0 unspecified atom stereocenters. The van der Waals surface area contributed by atoms with Crippen molar-refractivity contribution in [3.63, 3.8) is 0 Å². The van der Waals surface area contributed by atoms with Crippen LogP contribution < -0.4 is 10.6 Å². The Bertz CT molecular complexity index is 1160. The number of nitrogens with zero attached hydrogens (tertiary/aromatic N) is 2. The van der Waals surface area contributed by atoms with Gasteiger partial charge in [-0.15, -0.1) is 0 Å². The summed E-state index contributed by atoms with van der Waals surface area (Å²) < 4.78 is 2.38. The van der Waals surface area contributed by atoms with Gasteiger partial charge in [-0.05, 0) is 51.5 Å². The highest BCUT2D eigenvalue weighted by atomic mass is 15.2. The van der Waals surface area contributed by atoms with Crippen LogP contribution >= 0.6 is 0 Å². The summed E-state index contributed by atoms with van der Waals surface area (Å²) >= 11 is 0. The second-order valence-corrected chi connectivity index (χ2v) is 9.71. The van der Waals surface area contributed by atoms with Gasteiger partial charge in [-0.2, -0.15) is 4.58 Å². The third-order valence-corrected chi connectivity index (χ3v) is 7.08. The minimum Gasteiger partial charge on any atom is -0.399 e. The van der Waals surface area contributed by atoms with E-state index in [4.69, 9.17) is 5.73 Å². The fourth-order valence-corrected chi connectivity index (χ4v) is 5.38. The van der Waals surface area contributed by atoms with Crippen LogP contribution in [0.2, 0.25) is 0 Å². The highest BCUT2D eigenvalue weighted by Crippen LogP contribution is 2.47. The highest BCUT2D eigenvalue weighted by molar-refractivity contribution is 6.03. The lowest BCUT2D eigenvalue weighted by molar-refractivity contribution is -0.433. The molecule has 0 aliphatic carbocycles. The Kier molecular flexibility index (Phi) is 5.62. The molecule has 0 spiro atoms. The first-order valence-electron chi connectivity index (χ1n) is 11.7. The second kappa shape index (κ2) is 8.12. The van der Waals surface area contributed by atoms with Crippen LogP contribution in [0.5, 0.6) is 0 Å². The average Bonchev–Trinajstić information content (AvgIpc) is 3.13. The lowest BCUT2D eigenvalue weighted by Gasteiger charge is -2.25. The number of allylic oxidation sites excluding steroid dienone is 5. The molecule has 0 atom stereocenters. The first kappa shape index (κ1) is 22.1. The van der Waals surface area contributed by atoms with E-state index in [1.807, 2.05) is 6.08 Å².